The van der Waals surface area contributed by atoms with Crippen LogP contribution in [-0.2, 0) is 25.5 Å². The fourth-order valence-corrected chi connectivity index (χ4v) is 2.77. The number of fused-ring (bicyclic) bond motifs is 1. The molecule has 1 heterocycles. The van der Waals surface area contributed by atoms with Crippen LogP contribution in [0, 0.1) is 5.41 Å². The number of anilines is 1. The van der Waals surface area contributed by atoms with Crippen LogP contribution in [0.2, 0.25) is 0 Å². The van der Waals surface area contributed by atoms with Crippen LogP contribution in [0.3, 0.4) is 0 Å². The Balaban J connectivity index is 2.05. The Bertz CT molecular complexity index is 737. The normalized spacial score (nSPS) is 18.6. The first-order chi connectivity index (χ1) is 12.4. The van der Waals surface area contributed by atoms with E-state index in [4.69, 9.17) is 10.5 Å². The minimum atomic E-state index is -1.23. The lowest BCUT2D eigenvalue weighted by Gasteiger charge is -2.32. The van der Waals surface area contributed by atoms with E-state index in [0.29, 0.717) is 12.8 Å². The number of esters is 1. The van der Waals surface area contributed by atoms with Crippen molar-refractivity contribution in [1.29, 1.82) is 0 Å². The van der Waals surface area contributed by atoms with Gasteiger partial charge in [0.1, 0.15) is 11.6 Å². The standard InChI is InChI=1S/C20H29N3O4/c1-19(2,3)27-18(26)20(4,5)15(21)17(25)23-14-11-10-12-8-6-7-9-13(12)22-16(14)24/h6-9,14-15H,10-11,21H2,1-5H3,(H,22,24)(H,23,25)/t14-,15?/m1/s1. The summed E-state index contributed by atoms with van der Waals surface area (Å²) < 4.78 is 5.37. The lowest BCUT2D eigenvalue weighted by molar-refractivity contribution is -0.168. The lowest BCUT2D eigenvalue weighted by atomic mass is 9.84. The fraction of sp³-hybridized carbons (Fsp3) is 0.550. The van der Waals surface area contributed by atoms with Crippen LogP contribution in [0.4, 0.5) is 5.69 Å². The first kappa shape index (κ1) is 20.9. The number of carbonyl (C=O) groups excluding carboxylic acids is 3. The van der Waals surface area contributed by atoms with Crippen molar-refractivity contribution in [2.45, 2.75) is 65.1 Å². The minimum Gasteiger partial charge on any atom is -0.460 e. The Morgan fingerprint density at radius 1 is 1.22 bits per heavy atom. The SMILES string of the molecule is CC(C)(C)OC(=O)C(C)(C)C(N)C(=O)N[C@@H]1CCc2ccccc2NC1=O. The van der Waals surface area contributed by atoms with Gasteiger partial charge >= 0.3 is 5.97 Å². The highest BCUT2D eigenvalue weighted by Crippen LogP contribution is 2.26. The van der Waals surface area contributed by atoms with Crippen molar-refractivity contribution in [3.05, 3.63) is 29.8 Å². The largest absolute Gasteiger partial charge is 0.460 e. The molecule has 0 aromatic heterocycles. The van der Waals surface area contributed by atoms with Crippen molar-refractivity contribution in [2.75, 3.05) is 5.32 Å². The van der Waals surface area contributed by atoms with Crippen molar-refractivity contribution in [3.8, 4) is 0 Å². The number of carbonyl (C=O) groups is 3. The van der Waals surface area contributed by atoms with Gasteiger partial charge in [0.15, 0.2) is 0 Å². The van der Waals surface area contributed by atoms with Crippen LogP contribution in [0.5, 0.6) is 0 Å². The molecule has 0 saturated carbocycles. The minimum absolute atomic E-state index is 0.296. The molecule has 1 aliphatic heterocycles. The Kier molecular flexibility index (Phi) is 5.94. The number of amides is 2. The van der Waals surface area contributed by atoms with Crippen molar-refractivity contribution in [1.82, 2.24) is 5.32 Å². The van der Waals surface area contributed by atoms with Crippen molar-refractivity contribution >= 4 is 23.5 Å². The molecule has 2 rings (SSSR count). The summed E-state index contributed by atoms with van der Waals surface area (Å²) in [5.74, 6) is -1.41. The van der Waals surface area contributed by atoms with Crippen LogP contribution in [0.15, 0.2) is 24.3 Å². The van der Waals surface area contributed by atoms with Gasteiger partial charge in [0.25, 0.3) is 0 Å². The molecule has 1 aromatic carbocycles. The van der Waals surface area contributed by atoms with E-state index in [2.05, 4.69) is 10.6 Å². The monoisotopic (exact) mass is 375 g/mol. The average Bonchev–Trinajstić information content (AvgIpc) is 2.71. The van der Waals surface area contributed by atoms with Crippen molar-refractivity contribution in [2.24, 2.45) is 11.1 Å². The average molecular weight is 375 g/mol. The van der Waals surface area contributed by atoms with E-state index in [1.165, 1.54) is 0 Å². The molecule has 27 heavy (non-hydrogen) atoms. The van der Waals surface area contributed by atoms with E-state index in [0.717, 1.165) is 11.3 Å². The molecule has 4 N–H and O–H groups in total. The summed E-state index contributed by atoms with van der Waals surface area (Å²) in [5.41, 5.74) is 5.90. The van der Waals surface area contributed by atoms with E-state index in [1.54, 1.807) is 34.6 Å². The molecule has 0 fully saturated rings. The molecule has 7 heteroatoms. The Morgan fingerprint density at radius 2 is 1.85 bits per heavy atom. The second kappa shape index (κ2) is 7.68. The van der Waals surface area contributed by atoms with Gasteiger partial charge in [0, 0.05) is 5.69 Å². The van der Waals surface area contributed by atoms with Crippen LogP contribution in [0.1, 0.15) is 46.6 Å². The summed E-state index contributed by atoms with van der Waals surface area (Å²) in [6.45, 7) is 8.38. The van der Waals surface area contributed by atoms with E-state index in [-0.39, 0.29) is 5.91 Å². The Hall–Kier alpha value is -2.41. The molecule has 7 nitrogen and oxygen atoms in total. The van der Waals surface area contributed by atoms with Gasteiger partial charge in [-0.05, 0) is 59.1 Å². The number of ether oxygens (including phenoxy) is 1. The molecule has 0 saturated heterocycles. The number of aryl methyl sites for hydroxylation is 1. The number of rotatable bonds is 4. The third-order valence-corrected chi connectivity index (χ3v) is 4.60. The number of nitrogens with two attached hydrogens (primary N) is 1. The topological polar surface area (TPSA) is 111 Å². The van der Waals surface area contributed by atoms with Gasteiger partial charge in [-0.15, -0.1) is 0 Å². The zero-order valence-corrected chi connectivity index (χ0v) is 16.6. The predicted octanol–water partition coefficient (Wildman–Crippen LogP) is 1.75. The van der Waals surface area contributed by atoms with Crippen LogP contribution >= 0.6 is 0 Å². The van der Waals surface area contributed by atoms with Crippen LogP contribution < -0.4 is 16.4 Å². The van der Waals surface area contributed by atoms with E-state index in [1.807, 2.05) is 24.3 Å². The molecule has 0 radical (unpaired) electrons. The predicted molar refractivity (Wildman–Crippen MR) is 103 cm³/mol. The van der Waals surface area contributed by atoms with E-state index >= 15 is 0 Å². The maximum absolute atomic E-state index is 12.6. The summed E-state index contributed by atoms with van der Waals surface area (Å²) in [5, 5.41) is 5.51. The number of benzene rings is 1. The summed E-state index contributed by atoms with van der Waals surface area (Å²) in [7, 11) is 0. The molecule has 1 aromatic rings. The second-order valence-corrected chi connectivity index (χ2v) is 8.45. The van der Waals surface area contributed by atoms with Crippen molar-refractivity contribution in [3.63, 3.8) is 0 Å². The maximum atomic E-state index is 12.6. The molecule has 2 amide bonds. The first-order valence-electron chi connectivity index (χ1n) is 9.10. The highest BCUT2D eigenvalue weighted by Gasteiger charge is 2.42. The number of hydrogen-bond acceptors (Lipinski definition) is 5. The highest BCUT2D eigenvalue weighted by atomic mass is 16.6. The van der Waals surface area contributed by atoms with Gasteiger partial charge in [0.2, 0.25) is 11.8 Å². The third kappa shape index (κ3) is 5.07. The lowest BCUT2D eigenvalue weighted by Crippen LogP contribution is -2.57. The Labute approximate surface area is 160 Å². The molecule has 0 bridgehead atoms. The molecule has 1 unspecified atom stereocenters. The molecule has 0 spiro atoms. The quantitative estimate of drug-likeness (QED) is 0.695. The molecule has 0 aliphatic carbocycles. The van der Waals surface area contributed by atoms with Gasteiger partial charge in [-0.3, -0.25) is 14.4 Å². The zero-order chi connectivity index (χ0) is 20.4. The third-order valence-electron chi connectivity index (χ3n) is 4.60. The van der Waals surface area contributed by atoms with Gasteiger partial charge in [-0.25, -0.2) is 0 Å². The summed E-state index contributed by atoms with van der Waals surface area (Å²) in [6, 6.07) is 5.66. The molecule has 148 valence electrons. The summed E-state index contributed by atoms with van der Waals surface area (Å²) in [6.07, 6.45) is 1.10. The Morgan fingerprint density at radius 3 is 2.48 bits per heavy atom. The number of nitrogens with one attached hydrogen (secondary N) is 2. The molecular formula is C20H29N3O4. The fourth-order valence-electron chi connectivity index (χ4n) is 2.77. The zero-order valence-electron chi connectivity index (χ0n) is 16.6. The number of hydrogen-bond donors (Lipinski definition) is 3. The first-order valence-corrected chi connectivity index (χ1v) is 9.10. The molecular weight excluding hydrogens is 346 g/mol. The second-order valence-electron chi connectivity index (χ2n) is 8.45. The maximum Gasteiger partial charge on any atom is 0.314 e. The smallest absolute Gasteiger partial charge is 0.314 e. The van der Waals surface area contributed by atoms with Crippen molar-refractivity contribution < 1.29 is 19.1 Å². The van der Waals surface area contributed by atoms with Crippen LogP contribution in [-0.4, -0.2) is 35.5 Å². The van der Waals surface area contributed by atoms with Gasteiger partial charge in [0.05, 0.1) is 11.5 Å². The molecule has 2 atom stereocenters. The van der Waals surface area contributed by atoms with Gasteiger partial charge < -0.3 is 21.1 Å². The number of para-hydroxylation sites is 1. The van der Waals surface area contributed by atoms with Crippen LogP contribution in [0.25, 0.3) is 0 Å². The van der Waals surface area contributed by atoms with Gasteiger partial charge in [-0.1, -0.05) is 18.2 Å². The molecule has 1 aliphatic rings. The highest BCUT2D eigenvalue weighted by molar-refractivity contribution is 5.99. The summed E-state index contributed by atoms with van der Waals surface area (Å²) in [4.78, 5) is 37.5. The van der Waals surface area contributed by atoms with E-state index < -0.39 is 35.0 Å². The van der Waals surface area contributed by atoms with Gasteiger partial charge in [-0.2, -0.15) is 0 Å². The van der Waals surface area contributed by atoms with E-state index in [9.17, 15) is 14.4 Å². The summed E-state index contributed by atoms with van der Waals surface area (Å²) >= 11 is 0.